The van der Waals surface area contributed by atoms with Gasteiger partial charge in [0.15, 0.2) is 5.03 Å². The van der Waals surface area contributed by atoms with E-state index in [9.17, 15) is 8.42 Å². The maximum absolute atomic E-state index is 12.4. The molecule has 0 saturated carbocycles. The quantitative estimate of drug-likeness (QED) is 0.755. The van der Waals surface area contributed by atoms with Crippen LogP contribution in [0.5, 0.6) is 0 Å². The summed E-state index contributed by atoms with van der Waals surface area (Å²) in [5.41, 5.74) is 0.313. The van der Waals surface area contributed by atoms with Gasteiger partial charge in [-0.25, -0.2) is 8.42 Å². The lowest BCUT2D eigenvalue weighted by Gasteiger charge is -2.19. The van der Waals surface area contributed by atoms with Gasteiger partial charge in [-0.15, -0.1) is 0 Å². The Bertz CT molecular complexity index is 499. The molecular formula is C10H18N4O3S. The summed E-state index contributed by atoms with van der Waals surface area (Å²) in [7, 11) is -1.60. The average Bonchev–Trinajstić information content (AvgIpc) is 2.72. The highest BCUT2D eigenvalue weighted by Gasteiger charge is 2.29. The predicted octanol–water partition coefficient (Wildman–Crippen LogP) is -0.772. The van der Waals surface area contributed by atoms with E-state index in [1.54, 1.807) is 0 Å². The minimum absolute atomic E-state index is 0.00885. The smallest absolute Gasteiger partial charge is 0.260 e. The van der Waals surface area contributed by atoms with Crippen LogP contribution in [-0.4, -0.2) is 66.2 Å². The maximum Gasteiger partial charge on any atom is 0.260 e. The van der Waals surface area contributed by atoms with E-state index >= 15 is 0 Å². The Kier molecular flexibility index (Phi) is 4.00. The molecule has 8 heteroatoms. The third-order valence-electron chi connectivity index (χ3n) is 3.12. The van der Waals surface area contributed by atoms with Crippen molar-refractivity contribution < 1.29 is 13.5 Å². The summed E-state index contributed by atoms with van der Waals surface area (Å²) in [4.78, 5) is 2.11. The van der Waals surface area contributed by atoms with E-state index in [0.717, 1.165) is 13.0 Å². The predicted molar refractivity (Wildman–Crippen MR) is 65.4 cm³/mol. The van der Waals surface area contributed by atoms with Crippen molar-refractivity contribution in [3.63, 3.8) is 0 Å². The molecule has 0 spiro atoms. The second kappa shape index (κ2) is 5.35. The highest BCUT2D eigenvalue weighted by Crippen LogP contribution is 2.18. The Morgan fingerprint density at radius 3 is 2.89 bits per heavy atom. The molecule has 0 bridgehead atoms. The zero-order valence-electron chi connectivity index (χ0n) is 10.3. The van der Waals surface area contributed by atoms with E-state index in [2.05, 4.69) is 15.1 Å². The van der Waals surface area contributed by atoms with Crippen molar-refractivity contribution in [3.8, 4) is 0 Å². The van der Waals surface area contributed by atoms with E-state index in [1.807, 2.05) is 7.05 Å². The summed E-state index contributed by atoms with van der Waals surface area (Å²) in [5.74, 6) is 0. The number of H-pyrrole nitrogens is 1. The summed E-state index contributed by atoms with van der Waals surface area (Å²) in [6.07, 6.45) is 2.15. The van der Waals surface area contributed by atoms with Crippen LogP contribution in [0.2, 0.25) is 0 Å². The number of aliphatic hydroxyl groups excluding tert-OH is 1. The van der Waals surface area contributed by atoms with Gasteiger partial charge in [0, 0.05) is 25.2 Å². The molecule has 2 rings (SSSR count). The number of aromatic nitrogens is 2. The normalized spacial score (nSPS) is 19.9. The molecule has 0 atom stereocenters. The largest absolute Gasteiger partial charge is 0.392 e. The zero-order valence-corrected chi connectivity index (χ0v) is 11.2. The molecule has 1 aliphatic rings. The van der Waals surface area contributed by atoms with Gasteiger partial charge >= 0.3 is 0 Å². The van der Waals surface area contributed by atoms with E-state index in [0.29, 0.717) is 25.2 Å². The first kappa shape index (κ1) is 13.5. The first-order valence-electron chi connectivity index (χ1n) is 5.87. The molecule has 0 aromatic carbocycles. The summed E-state index contributed by atoms with van der Waals surface area (Å²) in [6, 6.07) is 0. The molecule has 2 N–H and O–H groups in total. The molecule has 7 nitrogen and oxygen atoms in total. The SMILES string of the molecule is CN1CCCN(S(=O)(=O)c2[nH]ncc2CO)CC1. The molecule has 0 amide bonds. The van der Waals surface area contributed by atoms with Crippen molar-refractivity contribution in [2.45, 2.75) is 18.1 Å². The number of likely N-dealkylation sites (N-methyl/N-ethyl adjacent to an activating group) is 1. The minimum Gasteiger partial charge on any atom is -0.392 e. The summed E-state index contributed by atoms with van der Waals surface area (Å²) < 4.78 is 26.3. The standard InChI is InChI=1S/C10H18N4O3S/c1-13-3-2-4-14(6-5-13)18(16,17)10-9(8-15)7-11-12-10/h7,15H,2-6,8H2,1H3,(H,11,12). The van der Waals surface area contributed by atoms with Gasteiger partial charge in [-0.1, -0.05) is 0 Å². The Morgan fingerprint density at radius 1 is 1.39 bits per heavy atom. The number of rotatable bonds is 3. The second-order valence-electron chi connectivity index (χ2n) is 4.44. The Balaban J connectivity index is 2.25. The van der Waals surface area contributed by atoms with Gasteiger partial charge in [0.1, 0.15) is 0 Å². The number of aromatic amines is 1. The number of nitrogens with zero attached hydrogens (tertiary/aromatic N) is 3. The number of sulfonamides is 1. The van der Waals surface area contributed by atoms with Crippen LogP contribution < -0.4 is 0 Å². The Morgan fingerprint density at radius 2 is 2.17 bits per heavy atom. The summed E-state index contributed by atoms with van der Waals surface area (Å²) >= 11 is 0. The van der Waals surface area contributed by atoms with E-state index in [1.165, 1.54) is 10.5 Å². The summed E-state index contributed by atoms with van der Waals surface area (Å²) in [6.45, 7) is 2.22. The van der Waals surface area contributed by atoms with Gasteiger partial charge in [0.05, 0.1) is 12.8 Å². The van der Waals surface area contributed by atoms with Crippen LogP contribution in [0.4, 0.5) is 0 Å². The summed E-state index contributed by atoms with van der Waals surface area (Å²) in [5, 5.41) is 15.3. The lowest BCUT2D eigenvalue weighted by molar-refractivity contribution is 0.278. The van der Waals surface area contributed by atoms with Crippen LogP contribution in [0.25, 0.3) is 0 Å². The molecule has 0 unspecified atom stereocenters. The van der Waals surface area contributed by atoms with Gasteiger partial charge in [0.2, 0.25) is 0 Å². The molecule has 0 radical (unpaired) electrons. The van der Waals surface area contributed by atoms with Crippen molar-refractivity contribution >= 4 is 10.0 Å². The first-order chi connectivity index (χ1) is 8.55. The van der Waals surface area contributed by atoms with Crippen LogP contribution in [-0.2, 0) is 16.6 Å². The number of nitrogens with one attached hydrogen (secondary N) is 1. The molecular weight excluding hydrogens is 256 g/mol. The van der Waals surface area contributed by atoms with Gasteiger partial charge in [-0.2, -0.15) is 9.40 Å². The van der Waals surface area contributed by atoms with Crippen LogP contribution >= 0.6 is 0 Å². The van der Waals surface area contributed by atoms with Crippen molar-refractivity contribution in [1.29, 1.82) is 0 Å². The molecule has 18 heavy (non-hydrogen) atoms. The monoisotopic (exact) mass is 274 g/mol. The number of hydrogen-bond donors (Lipinski definition) is 2. The second-order valence-corrected chi connectivity index (χ2v) is 6.32. The lowest BCUT2D eigenvalue weighted by Crippen LogP contribution is -2.35. The zero-order chi connectivity index (χ0) is 13.2. The van der Waals surface area contributed by atoms with Crippen molar-refractivity contribution in [2.75, 3.05) is 33.2 Å². The first-order valence-corrected chi connectivity index (χ1v) is 7.31. The van der Waals surface area contributed by atoms with E-state index in [-0.39, 0.29) is 11.6 Å². The van der Waals surface area contributed by atoms with Crippen LogP contribution in [0.3, 0.4) is 0 Å². The van der Waals surface area contributed by atoms with E-state index in [4.69, 9.17) is 5.11 Å². The molecule has 2 heterocycles. The van der Waals surface area contributed by atoms with Crippen molar-refractivity contribution in [1.82, 2.24) is 19.4 Å². The van der Waals surface area contributed by atoms with Gasteiger partial charge in [0.25, 0.3) is 10.0 Å². The number of hydrogen-bond acceptors (Lipinski definition) is 5. The molecule has 1 saturated heterocycles. The molecule has 1 fully saturated rings. The number of aliphatic hydroxyl groups is 1. The van der Waals surface area contributed by atoms with Crippen molar-refractivity contribution in [2.24, 2.45) is 0 Å². The maximum atomic E-state index is 12.4. The van der Waals surface area contributed by atoms with Gasteiger partial charge < -0.3 is 10.0 Å². The minimum atomic E-state index is -3.58. The molecule has 1 aliphatic heterocycles. The average molecular weight is 274 g/mol. The van der Waals surface area contributed by atoms with E-state index < -0.39 is 10.0 Å². The Labute approximate surface area is 106 Å². The Hall–Kier alpha value is -0.960. The lowest BCUT2D eigenvalue weighted by atomic mass is 10.4. The highest BCUT2D eigenvalue weighted by atomic mass is 32.2. The van der Waals surface area contributed by atoms with Crippen molar-refractivity contribution in [3.05, 3.63) is 11.8 Å². The topological polar surface area (TPSA) is 89.5 Å². The van der Waals surface area contributed by atoms with Crippen LogP contribution in [0.15, 0.2) is 11.2 Å². The fraction of sp³-hybridized carbons (Fsp3) is 0.700. The molecule has 102 valence electrons. The molecule has 1 aromatic heterocycles. The van der Waals surface area contributed by atoms with Gasteiger partial charge in [-0.05, 0) is 20.0 Å². The highest BCUT2D eigenvalue weighted by molar-refractivity contribution is 7.89. The van der Waals surface area contributed by atoms with Crippen LogP contribution in [0.1, 0.15) is 12.0 Å². The third kappa shape index (κ3) is 2.56. The molecule has 1 aromatic rings. The fourth-order valence-corrected chi connectivity index (χ4v) is 3.59. The van der Waals surface area contributed by atoms with Crippen LogP contribution in [0, 0.1) is 0 Å². The fourth-order valence-electron chi connectivity index (χ4n) is 2.03. The van der Waals surface area contributed by atoms with Gasteiger partial charge in [-0.3, -0.25) is 5.10 Å². The molecule has 0 aliphatic carbocycles. The third-order valence-corrected chi connectivity index (χ3v) is 5.04.